The van der Waals surface area contributed by atoms with Gasteiger partial charge < -0.3 is 0 Å². The van der Waals surface area contributed by atoms with Crippen LogP contribution in [0.5, 0.6) is 0 Å². The van der Waals surface area contributed by atoms with Gasteiger partial charge in [-0.1, -0.05) is 0 Å². The number of halogens is 1. The second-order valence-corrected chi connectivity index (χ2v) is 5.38. The Hall–Kier alpha value is 0.170. The van der Waals surface area contributed by atoms with Crippen molar-refractivity contribution >= 4 is 57.4 Å². The molecule has 0 nitrogen and oxygen atoms in total. The van der Waals surface area contributed by atoms with Crippen LogP contribution in [0.2, 0.25) is 0 Å². The minimum atomic E-state index is 0.528. The van der Waals surface area contributed by atoms with E-state index < -0.39 is 0 Å². The Morgan fingerprint density at radius 2 is 2.36 bits per heavy atom. The van der Waals surface area contributed by atoms with Gasteiger partial charge in [-0.3, -0.25) is 0 Å². The minimum absolute atomic E-state index is 0.528. The molecule has 0 unspecified atom stereocenters. The number of hydrogen-bond donors (Lipinski definition) is 1. The lowest BCUT2D eigenvalue weighted by Gasteiger charge is -2.08. The third kappa shape index (κ3) is 1.67. The van der Waals surface area contributed by atoms with Gasteiger partial charge in [-0.15, -0.1) is 47.3 Å². The van der Waals surface area contributed by atoms with E-state index in [1.54, 1.807) is 23.1 Å². The number of benzene rings is 1. The van der Waals surface area contributed by atoms with Crippen molar-refractivity contribution in [2.75, 3.05) is 6.26 Å². The van der Waals surface area contributed by atoms with Crippen LogP contribution in [0.3, 0.4) is 0 Å². The third-order valence-electron chi connectivity index (χ3n) is 2.16. The predicted octanol–water partition coefficient (Wildman–Crippen LogP) is 4.65. The molecule has 1 aromatic heterocycles. The lowest BCUT2D eigenvalue weighted by atomic mass is 10.1. The van der Waals surface area contributed by atoms with E-state index in [1.807, 2.05) is 0 Å². The van der Waals surface area contributed by atoms with Crippen molar-refractivity contribution in [1.29, 1.82) is 0 Å². The van der Waals surface area contributed by atoms with Crippen LogP contribution in [-0.2, 0) is 5.88 Å². The summed E-state index contributed by atoms with van der Waals surface area (Å²) in [5, 5.41) is 3.34. The molecule has 1 heterocycles. The Morgan fingerprint density at radius 1 is 1.57 bits per heavy atom. The Labute approximate surface area is 102 Å². The van der Waals surface area contributed by atoms with Gasteiger partial charge in [0.25, 0.3) is 0 Å². The fraction of sp³-hybridized carbons (Fsp3) is 0.200. The van der Waals surface area contributed by atoms with Crippen molar-refractivity contribution in [3.63, 3.8) is 0 Å². The minimum Gasteiger partial charge on any atom is -0.144 e. The van der Waals surface area contributed by atoms with Crippen LogP contribution >= 0.6 is 47.3 Å². The number of thioether (sulfide) groups is 1. The average Bonchev–Trinajstić information content (AvgIpc) is 2.64. The first-order valence-corrected chi connectivity index (χ1v) is 7.18. The van der Waals surface area contributed by atoms with Crippen LogP contribution in [0.4, 0.5) is 0 Å². The Morgan fingerprint density at radius 3 is 3.00 bits per heavy atom. The molecule has 0 spiro atoms. The van der Waals surface area contributed by atoms with Crippen molar-refractivity contribution < 1.29 is 0 Å². The largest absolute Gasteiger partial charge is 0.144 e. The number of fused-ring (bicyclic) bond motifs is 1. The van der Waals surface area contributed by atoms with Crippen LogP contribution < -0.4 is 0 Å². The van der Waals surface area contributed by atoms with Crippen LogP contribution in [-0.4, -0.2) is 6.26 Å². The van der Waals surface area contributed by atoms with Gasteiger partial charge in [0.1, 0.15) is 0 Å². The SMILES string of the molecule is CSc1cc2sccc2c(CCl)c1S. The molecule has 2 aromatic rings. The quantitative estimate of drug-likeness (QED) is 0.466. The van der Waals surface area contributed by atoms with Crippen molar-refractivity contribution in [3.05, 3.63) is 23.1 Å². The second-order valence-electron chi connectivity index (χ2n) is 2.87. The average molecular weight is 261 g/mol. The summed E-state index contributed by atoms with van der Waals surface area (Å²) in [5.41, 5.74) is 1.15. The van der Waals surface area contributed by atoms with E-state index in [0.29, 0.717) is 5.88 Å². The molecule has 1 aromatic carbocycles. The van der Waals surface area contributed by atoms with Crippen LogP contribution in [0, 0.1) is 0 Å². The van der Waals surface area contributed by atoms with E-state index in [2.05, 4.69) is 36.4 Å². The molecule has 0 N–H and O–H groups in total. The molecular formula is C10H9ClS3. The summed E-state index contributed by atoms with van der Waals surface area (Å²) in [4.78, 5) is 2.23. The molecule has 14 heavy (non-hydrogen) atoms. The van der Waals surface area contributed by atoms with E-state index in [9.17, 15) is 0 Å². The van der Waals surface area contributed by atoms with Gasteiger partial charge in [-0.05, 0) is 34.7 Å². The molecule has 0 saturated heterocycles. The molecule has 2 rings (SSSR count). The maximum Gasteiger partial charge on any atom is 0.0491 e. The van der Waals surface area contributed by atoms with E-state index in [-0.39, 0.29) is 0 Å². The molecule has 4 heteroatoms. The number of thiophene rings is 1. The highest BCUT2D eigenvalue weighted by atomic mass is 35.5. The smallest absolute Gasteiger partial charge is 0.0491 e. The van der Waals surface area contributed by atoms with Gasteiger partial charge in [0.2, 0.25) is 0 Å². The molecule has 0 saturated carbocycles. The van der Waals surface area contributed by atoms with Gasteiger partial charge in [0.15, 0.2) is 0 Å². The second kappa shape index (κ2) is 4.35. The topological polar surface area (TPSA) is 0 Å². The normalized spacial score (nSPS) is 11.1. The van der Waals surface area contributed by atoms with Gasteiger partial charge in [0, 0.05) is 20.4 Å². The molecule has 0 aliphatic heterocycles. The Kier molecular flexibility index (Phi) is 3.32. The van der Waals surface area contributed by atoms with Crippen LogP contribution in [0.15, 0.2) is 27.3 Å². The highest BCUT2D eigenvalue weighted by molar-refractivity contribution is 7.99. The Balaban J connectivity index is 2.80. The van der Waals surface area contributed by atoms with E-state index in [1.165, 1.54) is 15.0 Å². The third-order valence-corrected chi connectivity index (χ3v) is 4.71. The molecule has 0 radical (unpaired) electrons. The highest BCUT2D eigenvalue weighted by Crippen LogP contribution is 2.36. The zero-order chi connectivity index (χ0) is 10.1. The van der Waals surface area contributed by atoms with Gasteiger partial charge in [-0.2, -0.15) is 0 Å². The number of rotatable bonds is 2. The zero-order valence-electron chi connectivity index (χ0n) is 7.58. The first-order valence-electron chi connectivity index (χ1n) is 4.10. The fourth-order valence-corrected chi connectivity index (χ4v) is 3.83. The number of thiol groups is 1. The summed E-state index contributed by atoms with van der Waals surface area (Å²) in [6.45, 7) is 0. The van der Waals surface area contributed by atoms with Crippen molar-refractivity contribution in [2.24, 2.45) is 0 Å². The van der Waals surface area contributed by atoms with Crippen molar-refractivity contribution in [2.45, 2.75) is 15.7 Å². The first-order chi connectivity index (χ1) is 6.77. The molecule has 74 valence electrons. The van der Waals surface area contributed by atoms with Crippen molar-refractivity contribution in [1.82, 2.24) is 0 Å². The molecule has 0 aliphatic carbocycles. The zero-order valence-corrected chi connectivity index (χ0v) is 10.9. The summed E-state index contributed by atoms with van der Waals surface area (Å²) >= 11 is 13.9. The maximum atomic E-state index is 5.94. The molecule has 0 aliphatic rings. The van der Waals surface area contributed by atoms with Crippen LogP contribution in [0.25, 0.3) is 10.1 Å². The van der Waals surface area contributed by atoms with Crippen LogP contribution in [0.1, 0.15) is 5.56 Å². The number of hydrogen-bond acceptors (Lipinski definition) is 3. The van der Waals surface area contributed by atoms with Gasteiger partial charge in [0.05, 0.1) is 0 Å². The highest BCUT2D eigenvalue weighted by Gasteiger charge is 2.10. The molecule has 0 amide bonds. The van der Waals surface area contributed by atoms with Crippen molar-refractivity contribution in [3.8, 4) is 0 Å². The van der Waals surface area contributed by atoms with Gasteiger partial charge in [-0.25, -0.2) is 0 Å². The fourth-order valence-electron chi connectivity index (χ4n) is 1.44. The maximum absolute atomic E-state index is 5.94. The van der Waals surface area contributed by atoms with E-state index in [4.69, 9.17) is 11.6 Å². The number of alkyl halides is 1. The summed E-state index contributed by atoms with van der Waals surface area (Å²) in [7, 11) is 0. The molecular weight excluding hydrogens is 252 g/mol. The molecule has 0 atom stereocenters. The first kappa shape index (κ1) is 10.7. The molecule has 0 fully saturated rings. The van der Waals surface area contributed by atoms with E-state index in [0.717, 1.165) is 10.5 Å². The summed E-state index contributed by atoms with van der Waals surface area (Å²) in [5.74, 6) is 0.528. The Bertz CT molecular complexity index is 462. The van der Waals surface area contributed by atoms with E-state index >= 15 is 0 Å². The molecule has 0 bridgehead atoms. The monoisotopic (exact) mass is 260 g/mol. The summed E-state index contributed by atoms with van der Waals surface area (Å²) < 4.78 is 1.29. The summed E-state index contributed by atoms with van der Waals surface area (Å²) in [6, 6.07) is 4.30. The standard InChI is InChI=1S/C10H9ClS3/c1-13-9-4-8-6(2-3-14-8)7(5-11)10(9)12/h2-4,12H,5H2,1H3. The van der Waals surface area contributed by atoms with Gasteiger partial charge >= 0.3 is 0 Å². The summed E-state index contributed by atoms with van der Waals surface area (Å²) in [6.07, 6.45) is 2.06. The lowest BCUT2D eigenvalue weighted by molar-refractivity contribution is 1.19. The lowest BCUT2D eigenvalue weighted by Crippen LogP contribution is -1.85. The predicted molar refractivity (Wildman–Crippen MR) is 70.4 cm³/mol.